The fraction of sp³-hybridized carbons (Fsp3) is 0.333. The maximum atomic E-state index is 13.6. The van der Waals surface area contributed by atoms with Crippen molar-refractivity contribution in [2.24, 2.45) is 11.7 Å². The summed E-state index contributed by atoms with van der Waals surface area (Å²) in [6.07, 6.45) is 2.51. The number of hydrogen-bond donors (Lipinski definition) is 4. The number of ketones is 1. The average Bonchev–Trinajstić information content (AvgIpc) is 3.41. The molecule has 2 aromatic carbocycles. The molecule has 5 N–H and O–H groups in total. The summed E-state index contributed by atoms with van der Waals surface area (Å²) in [6.45, 7) is 3.23. The van der Waals surface area contributed by atoms with E-state index in [1.54, 1.807) is 25.2 Å². The molecule has 0 radical (unpaired) electrons. The minimum absolute atomic E-state index is 0.0676. The van der Waals surface area contributed by atoms with Crippen molar-refractivity contribution in [2.45, 2.75) is 44.8 Å². The number of thiophene rings is 1. The molecular weight excluding hydrogens is 508 g/mol. The third-order valence-corrected chi connectivity index (χ3v) is 8.05. The van der Waals surface area contributed by atoms with Gasteiger partial charge in [-0.1, -0.05) is 36.4 Å². The number of para-hydroxylation sites is 1. The van der Waals surface area contributed by atoms with E-state index in [2.05, 4.69) is 15.0 Å². The lowest BCUT2D eigenvalue weighted by Crippen LogP contribution is -2.51. The first-order valence-electron chi connectivity index (χ1n) is 12.0. The van der Waals surface area contributed by atoms with Crippen molar-refractivity contribution in [2.75, 3.05) is 6.26 Å². The number of H-pyrrole nitrogens is 1. The van der Waals surface area contributed by atoms with Crippen molar-refractivity contribution in [1.29, 1.82) is 0 Å². The van der Waals surface area contributed by atoms with Gasteiger partial charge in [0.25, 0.3) is 0 Å². The highest BCUT2D eigenvalue weighted by Crippen LogP contribution is 2.27. The van der Waals surface area contributed by atoms with E-state index in [0.717, 1.165) is 38.4 Å². The molecule has 0 bridgehead atoms. The molecule has 196 valence electrons. The zero-order valence-corrected chi connectivity index (χ0v) is 22.7. The van der Waals surface area contributed by atoms with Crippen LogP contribution in [0.1, 0.15) is 31.4 Å². The lowest BCUT2D eigenvalue weighted by molar-refractivity contribution is -0.131. The lowest BCUT2D eigenvalue weighted by Gasteiger charge is -2.25. The summed E-state index contributed by atoms with van der Waals surface area (Å²) in [5.74, 6) is -1.40. The zero-order chi connectivity index (χ0) is 26.8. The van der Waals surface area contributed by atoms with Crippen LogP contribution in [0.3, 0.4) is 0 Å². The lowest BCUT2D eigenvalue weighted by atomic mass is 9.87. The number of rotatable bonds is 11. The van der Waals surface area contributed by atoms with Crippen LogP contribution in [0.15, 0.2) is 60.1 Å². The van der Waals surface area contributed by atoms with Gasteiger partial charge in [0.15, 0.2) is 5.78 Å². The SMILES string of the molecule is CC(C)(N)C(=O)C[C@H](Cc1c[nH]c2ccccc12)C(=O)N[C@H](Cc1csc2ccccc12)NS(C)(=O)=O. The second-order valence-corrected chi connectivity index (χ2v) is 12.7. The molecule has 2 heterocycles. The van der Waals surface area contributed by atoms with Crippen LogP contribution in [0.2, 0.25) is 0 Å². The quantitative estimate of drug-likeness (QED) is 0.216. The van der Waals surface area contributed by atoms with Crippen LogP contribution >= 0.6 is 11.3 Å². The van der Waals surface area contributed by atoms with Crippen LogP contribution in [0.25, 0.3) is 21.0 Å². The van der Waals surface area contributed by atoms with Crippen LogP contribution in [0.5, 0.6) is 0 Å². The Hall–Kier alpha value is -3.05. The molecule has 0 aliphatic rings. The van der Waals surface area contributed by atoms with E-state index in [0.29, 0.717) is 6.42 Å². The number of hydrogen-bond acceptors (Lipinski definition) is 6. The highest BCUT2D eigenvalue weighted by molar-refractivity contribution is 7.88. The predicted octanol–water partition coefficient (Wildman–Crippen LogP) is 3.47. The van der Waals surface area contributed by atoms with E-state index < -0.39 is 33.6 Å². The van der Waals surface area contributed by atoms with Crippen LogP contribution < -0.4 is 15.8 Å². The van der Waals surface area contributed by atoms with Crippen LogP contribution in [0, 0.1) is 5.92 Å². The molecule has 0 fully saturated rings. The smallest absolute Gasteiger partial charge is 0.225 e. The van der Waals surface area contributed by atoms with Crippen molar-refractivity contribution in [1.82, 2.24) is 15.0 Å². The molecule has 0 saturated heterocycles. The number of aromatic amines is 1. The van der Waals surface area contributed by atoms with E-state index in [9.17, 15) is 18.0 Å². The average molecular weight is 541 g/mol. The molecule has 2 aromatic heterocycles. The van der Waals surface area contributed by atoms with Gasteiger partial charge < -0.3 is 16.0 Å². The molecule has 0 spiro atoms. The minimum atomic E-state index is -3.63. The Kier molecular flexibility index (Phi) is 7.84. The molecule has 0 aliphatic heterocycles. The van der Waals surface area contributed by atoms with Crippen molar-refractivity contribution in [3.63, 3.8) is 0 Å². The van der Waals surface area contributed by atoms with Crippen molar-refractivity contribution in [3.8, 4) is 0 Å². The van der Waals surface area contributed by atoms with E-state index in [1.807, 2.05) is 60.1 Å². The number of nitrogens with one attached hydrogen (secondary N) is 3. The summed E-state index contributed by atoms with van der Waals surface area (Å²) in [4.78, 5) is 29.7. The van der Waals surface area contributed by atoms with Gasteiger partial charge in [0, 0.05) is 40.6 Å². The normalized spacial score (nSPS) is 14.1. The molecule has 4 aromatic rings. The molecule has 37 heavy (non-hydrogen) atoms. The predicted molar refractivity (Wildman–Crippen MR) is 149 cm³/mol. The third kappa shape index (κ3) is 6.84. The Morgan fingerprint density at radius 3 is 2.41 bits per heavy atom. The van der Waals surface area contributed by atoms with Gasteiger partial charge in [-0.3, -0.25) is 9.59 Å². The van der Waals surface area contributed by atoms with E-state index in [1.165, 1.54) is 0 Å². The summed E-state index contributed by atoms with van der Waals surface area (Å²) in [6, 6.07) is 15.6. The Morgan fingerprint density at radius 1 is 1.03 bits per heavy atom. The maximum Gasteiger partial charge on any atom is 0.225 e. The number of fused-ring (bicyclic) bond motifs is 2. The standard InChI is InChI=1S/C27H32N4O4S2/c1-27(2,28)24(32)13-17(12-18-15-29-22-10-6-4-8-20(18)22)26(33)30-25(31-37(3,34)35)14-19-16-36-23-11-7-5-9-21(19)23/h4-11,15-17,25,29,31H,12-14,28H2,1-3H3,(H,30,33)/t17-,25-/m0/s1. The molecule has 0 unspecified atom stereocenters. The number of Topliss-reactive ketones (excluding diaryl/α,β-unsaturated/α-hetero) is 1. The summed E-state index contributed by atoms with van der Waals surface area (Å²) >= 11 is 1.56. The van der Waals surface area contributed by atoms with Gasteiger partial charge in [-0.15, -0.1) is 11.3 Å². The topological polar surface area (TPSA) is 134 Å². The number of amides is 1. The van der Waals surface area contributed by atoms with E-state index >= 15 is 0 Å². The molecule has 4 rings (SSSR count). The first-order chi connectivity index (χ1) is 17.4. The van der Waals surface area contributed by atoms with Crippen LogP contribution in [-0.2, 0) is 32.5 Å². The summed E-state index contributed by atoms with van der Waals surface area (Å²) < 4.78 is 27.9. The maximum absolute atomic E-state index is 13.6. The Bertz CT molecular complexity index is 1530. The minimum Gasteiger partial charge on any atom is -0.361 e. The van der Waals surface area contributed by atoms with E-state index in [4.69, 9.17) is 5.73 Å². The molecule has 0 saturated carbocycles. The van der Waals surface area contributed by atoms with Gasteiger partial charge in [0.1, 0.15) is 0 Å². The highest BCUT2D eigenvalue weighted by Gasteiger charge is 2.31. The first kappa shape index (κ1) is 27.0. The van der Waals surface area contributed by atoms with Gasteiger partial charge in [-0.05, 0) is 54.3 Å². The van der Waals surface area contributed by atoms with Gasteiger partial charge in [-0.2, -0.15) is 4.72 Å². The van der Waals surface area contributed by atoms with Gasteiger partial charge in [-0.25, -0.2) is 8.42 Å². The van der Waals surface area contributed by atoms with Gasteiger partial charge in [0.05, 0.1) is 18.0 Å². The number of sulfonamides is 1. The molecule has 1 amide bonds. The van der Waals surface area contributed by atoms with Crippen LogP contribution in [0.4, 0.5) is 0 Å². The number of benzene rings is 2. The largest absolute Gasteiger partial charge is 0.361 e. The molecule has 0 aliphatic carbocycles. The number of carbonyl (C=O) groups excluding carboxylic acids is 2. The second-order valence-electron chi connectivity index (χ2n) is 10.0. The van der Waals surface area contributed by atoms with Crippen molar-refractivity contribution in [3.05, 3.63) is 71.2 Å². The summed E-state index contributed by atoms with van der Waals surface area (Å²) in [5.41, 5.74) is 7.70. The van der Waals surface area contributed by atoms with Crippen molar-refractivity contribution < 1.29 is 18.0 Å². The van der Waals surface area contributed by atoms with Crippen molar-refractivity contribution >= 4 is 54.0 Å². The van der Waals surface area contributed by atoms with E-state index in [-0.39, 0.29) is 18.6 Å². The highest BCUT2D eigenvalue weighted by atomic mass is 32.2. The molecular formula is C27H32N4O4S2. The number of aromatic nitrogens is 1. The Morgan fingerprint density at radius 2 is 1.70 bits per heavy atom. The number of nitrogens with two attached hydrogens (primary N) is 1. The molecule has 8 nitrogen and oxygen atoms in total. The third-order valence-electron chi connectivity index (χ3n) is 6.32. The van der Waals surface area contributed by atoms with Gasteiger partial charge in [0.2, 0.25) is 15.9 Å². The Balaban J connectivity index is 1.61. The molecule has 2 atom stereocenters. The fourth-order valence-corrected chi connectivity index (χ4v) is 6.03. The van der Waals surface area contributed by atoms with Crippen LogP contribution in [-0.4, -0.2) is 43.1 Å². The van der Waals surface area contributed by atoms with Gasteiger partial charge >= 0.3 is 0 Å². The fourth-order valence-electron chi connectivity index (χ4n) is 4.39. The zero-order valence-electron chi connectivity index (χ0n) is 21.1. The second kappa shape index (κ2) is 10.7. The number of carbonyl (C=O) groups is 2. The summed E-state index contributed by atoms with van der Waals surface area (Å²) in [7, 11) is -3.63. The monoisotopic (exact) mass is 540 g/mol. The summed E-state index contributed by atoms with van der Waals surface area (Å²) in [5, 5.41) is 6.82. The molecule has 10 heteroatoms. The first-order valence-corrected chi connectivity index (χ1v) is 14.8. The Labute approximate surface area is 220 Å².